The molecule has 5 rings (SSSR count). The number of phenols is 1. The Balaban J connectivity index is 1.29. The molecule has 0 aliphatic carbocycles. The van der Waals surface area contributed by atoms with E-state index in [1.807, 2.05) is 29.2 Å². The maximum absolute atomic E-state index is 12.1. The highest BCUT2D eigenvalue weighted by atomic mass is 16.5. The van der Waals surface area contributed by atoms with Crippen molar-refractivity contribution in [3.05, 3.63) is 77.4 Å². The minimum Gasteiger partial charge on any atom is -0.508 e. The van der Waals surface area contributed by atoms with E-state index in [2.05, 4.69) is 35.2 Å². The largest absolute Gasteiger partial charge is 0.508 e. The molecule has 2 saturated heterocycles. The smallest absolute Gasteiger partial charge is 0.222 e. The highest BCUT2D eigenvalue weighted by Gasteiger charge is 2.21. The van der Waals surface area contributed by atoms with Crippen molar-refractivity contribution in [2.75, 3.05) is 39.9 Å². The zero-order valence-electron chi connectivity index (χ0n) is 21.6. The number of methoxy groups -OCH3 is 1. The summed E-state index contributed by atoms with van der Waals surface area (Å²) in [6.45, 7) is 5.40. The summed E-state index contributed by atoms with van der Waals surface area (Å²) in [5.41, 5.74) is 5.28. The van der Waals surface area contributed by atoms with Gasteiger partial charge in [0, 0.05) is 31.6 Å². The van der Waals surface area contributed by atoms with Crippen molar-refractivity contribution in [3.63, 3.8) is 0 Å². The first-order valence-electron chi connectivity index (χ1n) is 13.3. The number of hydrogen-bond acceptors (Lipinski definition) is 5. The first-order valence-corrected chi connectivity index (χ1v) is 13.3. The van der Waals surface area contributed by atoms with Crippen LogP contribution in [-0.4, -0.2) is 60.7 Å². The van der Waals surface area contributed by atoms with E-state index < -0.39 is 0 Å². The van der Waals surface area contributed by atoms with Crippen LogP contribution in [0.25, 0.3) is 11.1 Å². The Hall–Kier alpha value is -3.51. The van der Waals surface area contributed by atoms with Crippen LogP contribution in [0.4, 0.5) is 0 Å². The van der Waals surface area contributed by atoms with E-state index in [9.17, 15) is 9.90 Å². The van der Waals surface area contributed by atoms with Gasteiger partial charge in [0.1, 0.15) is 23.9 Å². The lowest BCUT2D eigenvalue weighted by Gasteiger charge is -2.18. The van der Waals surface area contributed by atoms with Gasteiger partial charge in [0.25, 0.3) is 0 Å². The topological polar surface area (TPSA) is 62.2 Å². The van der Waals surface area contributed by atoms with Crippen LogP contribution >= 0.6 is 0 Å². The molecule has 194 valence electrons. The molecule has 2 aliphatic heterocycles. The van der Waals surface area contributed by atoms with Gasteiger partial charge in [0.15, 0.2) is 0 Å². The predicted octanol–water partition coefficient (Wildman–Crippen LogP) is 5.26. The highest BCUT2D eigenvalue weighted by molar-refractivity contribution is 5.78. The summed E-state index contributed by atoms with van der Waals surface area (Å²) in [6.07, 6.45) is 4.84. The fourth-order valence-corrected chi connectivity index (χ4v) is 5.34. The van der Waals surface area contributed by atoms with Crippen LogP contribution in [0.5, 0.6) is 17.2 Å². The zero-order valence-corrected chi connectivity index (χ0v) is 21.6. The highest BCUT2D eigenvalue weighted by Crippen LogP contribution is 2.32. The minimum absolute atomic E-state index is 0.211. The second kappa shape index (κ2) is 11.7. The molecule has 1 N–H and O–H groups in total. The van der Waals surface area contributed by atoms with Gasteiger partial charge in [-0.25, -0.2) is 0 Å². The summed E-state index contributed by atoms with van der Waals surface area (Å²) >= 11 is 0. The quantitative estimate of drug-likeness (QED) is 0.412. The lowest BCUT2D eigenvalue weighted by Crippen LogP contribution is -2.25. The molecule has 3 aromatic rings. The van der Waals surface area contributed by atoms with Gasteiger partial charge in [-0.1, -0.05) is 30.3 Å². The van der Waals surface area contributed by atoms with Crippen molar-refractivity contribution in [1.82, 2.24) is 9.80 Å². The molecule has 0 unspecified atom stereocenters. The second-order valence-electron chi connectivity index (χ2n) is 10.0. The number of aromatic hydroxyl groups is 1. The van der Waals surface area contributed by atoms with Gasteiger partial charge >= 0.3 is 0 Å². The maximum atomic E-state index is 12.1. The SMILES string of the molecule is COc1cc(Cc2ccc(O)cc2-c2ccc(OCCN3CCCC3)cc2)ccc1CN1CCCC1=O. The van der Waals surface area contributed by atoms with Gasteiger partial charge in [-0.2, -0.15) is 0 Å². The third kappa shape index (κ3) is 6.25. The molecule has 37 heavy (non-hydrogen) atoms. The van der Waals surface area contributed by atoms with Crippen LogP contribution in [0.2, 0.25) is 0 Å². The molecule has 6 nitrogen and oxygen atoms in total. The molecule has 2 fully saturated rings. The Labute approximate surface area is 219 Å². The molecule has 0 radical (unpaired) electrons. The molecule has 0 aromatic heterocycles. The normalized spacial score (nSPS) is 15.9. The number of ether oxygens (including phenoxy) is 2. The number of rotatable bonds is 10. The molecule has 6 heteroatoms. The Morgan fingerprint density at radius 1 is 0.892 bits per heavy atom. The standard InChI is InChI=1S/C31H36N2O4/c1-36-30-20-23(6-7-26(30)22-33-16-4-5-31(33)35)19-25-8-11-27(34)21-29(25)24-9-12-28(13-10-24)37-18-17-32-14-2-3-15-32/h6-13,20-21,34H,2-5,14-19,22H2,1H3. The average Bonchev–Trinajstić information content (AvgIpc) is 3.58. The first kappa shape index (κ1) is 25.2. The fraction of sp³-hybridized carbons (Fsp3) is 0.387. The molecule has 3 aromatic carbocycles. The van der Waals surface area contributed by atoms with Crippen LogP contribution in [0.1, 0.15) is 42.4 Å². The Morgan fingerprint density at radius 2 is 1.68 bits per heavy atom. The van der Waals surface area contributed by atoms with Crippen molar-refractivity contribution < 1.29 is 19.4 Å². The molecule has 2 aliphatic rings. The Kier molecular flexibility index (Phi) is 7.95. The summed E-state index contributed by atoms with van der Waals surface area (Å²) in [5.74, 6) is 2.12. The second-order valence-corrected chi connectivity index (χ2v) is 10.0. The van der Waals surface area contributed by atoms with Gasteiger partial charge in [-0.15, -0.1) is 0 Å². The number of carbonyl (C=O) groups is 1. The van der Waals surface area contributed by atoms with Crippen LogP contribution in [0.15, 0.2) is 60.7 Å². The number of phenolic OH excluding ortho intramolecular Hbond substituents is 1. The number of likely N-dealkylation sites (tertiary alicyclic amines) is 2. The lowest BCUT2D eigenvalue weighted by atomic mass is 9.94. The van der Waals surface area contributed by atoms with Gasteiger partial charge < -0.3 is 19.5 Å². The molecule has 0 spiro atoms. The minimum atomic E-state index is 0.211. The molecule has 2 heterocycles. The van der Waals surface area contributed by atoms with Crippen LogP contribution < -0.4 is 9.47 Å². The van der Waals surface area contributed by atoms with Crippen molar-refractivity contribution >= 4 is 5.91 Å². The van der Waals surface area contributed by atoms with E-state index in [-0.39, 0.29) is 11.7 Å². The van der Waals surface area contributed by atoms with E-state index in [4.69, 9.17) is 9.47 Å². The molecule has 1 amide bonds. The third-order valence-corrected chi connectivity index (χ3v) is 7.41. The molecule has 0 atom stereocenters. The zero-order chi connectivity index (χ0) is 25.6. The van der Waals surface area contributed by atoms with Crippen molar-refractivity contribution in [1.29, 1.82) is 0 Å². The van der Waals surface area contributed by atoms with Gasteiger partial charge in [-0.05, 0) is 91.4 Å². The number of hydrogen-bond donors (Lipinski definition) is 1. The maximum Gasteiger partial charge on any atom is 0.222 e. The molecule has 0 saturated carbocycles. The predicted molar refractivity (Wildman–Crippen MR) is 145 cm³/mol. The number of amides is 1. The van der Waals surface area contributed by atoms with E-state index in [0.717, 1.165) is 58.8 Å². The van der Waals surface area contributed by atoms with Gasteiger partial charge in [-0.3, -0.25) is 9.69 Å². The monoisotopic (exact) mass is 500 g/mol. The molecular weight excluding hydrogens is 464 g/mol. The average molecular weight is 501 g/mol. The van der Waals surface area contributed by atoms with E-state index in [1.54, 1.807) is 13.2 Å². The van der Waals surface area contributed by atoms with Crippen molar-refractivity contribution in [3.8, 4) is 28.4 Å². The van der Waals surface area contributed by atoms with E-state index in [1.165, 1.54) is 25.9 Å². The van der Waals surface area contributed by atoms with E-state index in [0.29, 0.717) is 26.0 Å². The summed E-state index contributed by atoms with van der Waals surface area (Å²) in [4.78, 5) is 16.4. The Bertz CT molecular complexity index is 1220. The Morgan fingerprint density at radius 3 is 2.41 bits per heavy atom. The molecular formula is C31H36N2O4. The lowest BCUT2D eigenvalue weighted by molar-refractivity contribution is -0.128. The summed E-state index contributed by atoms with van der Waals surface area (Å²) in [5, 5.41) is 10.2. The number of nitrogens with zero attached hydrogens (tertiary/aromatic N) is 2. The first-order chi connectivity index (χ1) is 18.1. The van der Waals surface area contributed by atoms with Crippen LogP contribution in [0, 0.1) is 0 Å². The summed E-state index contributed by atoms with van der Waals surface area (Å²) in [7, 11) is 1.68. The summed E-state index contributed by atoms with van der Waals surface area (Å²) in [6, 6.07) is 19.9. The van der Waals surface area contributed by atoms with Crippen molar-refractivity contribution in [2.24, 2.45) is 0 Å². The van der Waals surface area contributed by atoms with Crippen molar-refractivity contribution in [2.45, 2.75) is 38.6 Å². The number of benzene rings is 3. The van der Waals surface area contributed by atoms with Gasteiger partial charge in [0.05, 0.1) is 7.11 Å². The van der Waals surface area contributed by atoms with Crippen LogP contribution in [-0.2, 0) is 17.8 Å². The molecule has 0 bridgehead atoms. The van der Waals surface area contributed by atoms with E-state index >= 15 is 0 Å². The van der Waals surface area contributed by atoms with Crippen LogP contribution in [0.3, 0.4) is 0 Å². The van der Waals surface area contributed by atoms with Gasteiger partial charge in [0.2, 0.25) is 5.91 Å². The third-order valence-electron chi connectivity index (χ3n) is 7.41. The number of carbonyl (C=O) groups excluding carboxylic acids is 1. The fourth-order valence-electron chi connectivity index (χ4n) is 5.34. The summed E-state index contributed by atoms with van der Waals surface area (Å²) < 4.78 is 11.7.